The number of hydrogen-bond acceptors (Lipinski definition) is 4. The van der Waals surface area contributed by atoms with Crippen LogP contribution in [-0.4, -0.2) is 36.2 Å². The molecule has 0 unspecified atom stereocenters. The van der Waals surface area contributed by atoms with Gasteiger partial charge in [0.1, 0.15) is 0 Å². The molecule has 1 aromatic heterocycles. The third-order valence-electron chi connectivity index (χ3n) is 3.33. The SMILES string of the molecule is CN=C(NCCCc1nc(C(C)C)no1)NCCCC(C)C. The van der Waals surface area contributed by atoms with Gasteiger partial charge in [-0.05, 0) is 25.2 Å². The van der Waals surface area contributed by atoms with Gasteiger partial charge in [0.15, 0.2) is 11.8 Å². The lowest BCUT2D eigenvalue weighted by molar-refractivity contribution is 0.368. The Morgan fingerprint density at radius 1 is 1.14 bits per heavy atom. The number of rotatable bonds is 9. The smallest absolute Gasteiger partial charge is 0.226 e. The summed E-state index contributed by atoms with van der Waals surface area (Å²) in [4.78, 5) is 8.59. The Kier molecular flexibility index (Phi) is 8.55. The lowest BCUT2D eigenvalue weighted by atomic mass is 10.1. The van der Waals surface area contributed by atoms with Gasteiger partial charge in [0, 0.05) is 32.5 Å². The maximum Gasteiger partial charge on any atom is 0.226 e. The molecule has 0 aliphatic carbocycles. The Balaban J connectivity index is 2.16. The lowest BCUT2D eigenvalue weighted by Gasteiger charge is -2.12. The van der Waals surface area contributed by atoms with Crippen LogP contribution in [0.3, 0.4) is 0 Å². The fourth-order valence-electron chi connectivity index (χ4n) is 1.99. The molecule has 1 rings (SSSR count). The number of aliphatic imine (C=N–C) groups is 1. The third-order valence-corrected chi connectivity index (χ3v) is 3.33. The van der Waals surface area contributed by atoms with Crippen molar-refractivity contribution in [2.45, 2.75) is 59.3 Å². The van der Waals surface area contributed by atoms with Gasteiger partial charge in [0.2, 0.25) is 5.89 Å². The number of hydrogen-bond donors (Lipinski definition) is 2. The Hall–Kier alpha value is -1.59. The van der Waals surface area contributed by atoms with Gasteiger partial charge >= 0.3 is 0 Å². The predicted octanol–water partition coefficient (Wildman–Crippen LogP) is 2.73. The normalized spacial score (nSPS) is 12.2. The number of guanidine groups is 1. The zero-order valence-electron chi connectivity index (χ0n) is 14.6. The molecule has 0 radical (unpaired) electrons. The van der Waals surface area contributed by atoms with E-state index in [1.807, 2.05) is 0 Å². The van der Waals surface area contributed by atoms with E-state index in [1.54, 1.807) is 7.05 Å². The molecule has 2 N–H and O–H groups in total. The van der Waals surface area contributed by atoms with Crippen molar-refractivity contribution in [3.63, 3.8) is 0 Å². The highest BCUT2D eigenvalue weighted by Gasteiger charge is 2.09. The molecule has 0 amide bonds. The highest BCUT2D eigenvalue weighted by atomic mass is 16.5. The first kappa shape index (κ1) is 18.5. The predicted molar refractivity (Wildman–Crippen MR) is 90.1 cm³/mol. The summed E-state index contributed by atoms with van der Waals surface area (Å²) >= 11 is 0. The fourth-order valence-corrected chi connectivity index (χ4v) is 1.99. The van der Waals surface area contributed by atoms with Crippen LogP contribution >= 0.6 is 0 Å². The van der Waals surface area contributed by atoms with Crippen LogP contribution in [0.2, 0.25) is 0 Å². The second kappa shape index (κ2) is 10.2. The molecule has 0 aromatic carbocycles. The largest absolute Gasteiger partial charge is 0.356 e. The quantitative estimate of drug-likeness (QED) is 0.417. The van der Waals surface area contributed by atoms with Gasteiger partial charge in [0.25, 0.3) is 0 Å². The molecule has 0 aliphatic heterocycles. The summed E-state index contributed by atoms with van der Waals surface area (Å²) in [5, 5.41) is 10.6. The number of nitrogens with one attached hydrogen (secondary N) is 2. The third kappa shape index (κ3) is 7.43. The monoisotopic (exact) mass is 309 g/mol. The van der Waals surface area contributed by atoms with Crippen molar-refractivity contribution in [2.75, 3.05) is 20.1 Å². The highest BCUT2D eigenvalue weighted by molar-refractivity contribution is 5.79. The van der Waals surface area contributed by atoms with Crippen LogP contribution in [0.5, 0.6) is 0 Å². The van der Waals surface area contributed by atoms with Gasteiger partial charge in [-0.15, -0.1) is 0 Å². The van der Waals surface area contributed by atoms with Crippen molar-refractivity contribution in [2.24, 2.45) is 10.9 Å². The van der Waals surface area contributed by atoms with Gasteiger partial charge in [-0.25, -0.2) is 0 Å². The van der Waals surface area contributed by atoms with E-state index in [0.29, 0.717) is 11.8 Å². The van der Waals surface area contributed by atoms with E-state index in [1.165, 1.54) is 12.8 Å². The highest BCUT2D eigenvalue weighted by Crippen LogP contribution is 2.10. The second-order valence-corrected chi connectivity index (χ2v) is 6.27. The van der Waals surface area contributed by atoms with Crippen molar-refractivity contribution < 1.29 is 4.52 Å². The van der Waals surface area contributed by atoms with Gasteiger partial charge in [-0.1, -0.05) is 32.9 Å². The lowest BCUT2D eigenvalue weighted by Crippen LogP contribution is -2.38. The van der Waals surface area contributed by atoms with Crippen LogP contribution in [0.1, 0.15) is 64.6 Å². The standard InChI is InChI=1S/C16H31N5O/c1-12(2)8-6-10-18-16(17-5)19-11-7-9-14-20-15(13(3)4)21-22-14/h12-13H,6-11H2,1-5H3,(H2,17,18,19). The molecule has 0 spiro atoms. The van der Waals surface area contributed by atoms with Crippen molar-refractivity contribution in [3.05, 3.63) is 11.7 Å². The Bertz CT molecular complexity index is 439. The summed E-state index contributed by atoms with van der Waals surface area (Å²) in [5.74, 6) is 3.42. The van der Waals surface area contributed by atoms with E-state index in [0.717, 1.165) is 43.6 Å². The molecule has 22 heavy (non-hydrogen) atoms. The summed E-state index contributed by atoms with van der Waals surface area (Å²) in [6.45, 7) is 10.4. The number of aryl methyl sites for hydroxylation is 1. The number of aromatic nitrogens is 2. The van der Waals surface area contributed by atoms with E-state index in [4.69, 9.17) is 4.52 Å². The van der Waals surface area contributed by atoms with Crippen LogP contribution in [0.4, 0.5) is 0 Å². The first-order chi connectivity index (χ1) is 10.5. The zero-order valence-corrected chi connectivity index (χ0v) is 14.6. The van der Waals surface area contributed by atoms with Crippen molar-refractivity contribution in [1.82, 2.24) is 20.8 Å². The van der Waals surface area contributed by atoms with E-state index in [2.05, 4.69) is 53.5 Å². The van der Waals surface area contributed by atoms with Gasteiger partial charge in [-0.2, -0.15) is 4.98 Å². The maximum absolute atomic E-state index is 5.23. The minimum atomic E-state index is 0.310. The Morgan fingerprint density at radius 3 is 2.36 bits per heavy atom. The van der Waals surface area contributed by atoms with Gasteiger partial charge in [-0.3, -0.25) is 4.99 Å². The van der Waals surface area contributed by atoms with E-state index < -0.39 is 0 Å². The molecule has 0 atom stereocenters. The summed E-state index contributed by atoms with van der Waals surface area (Å²) < 4.78 is 5.23. The molecular formula is C16H31N5O. The Morgan fingerprint density at radius 2 is 1.82 bits per heavy atom. The van der Waals surface area contributed by atoms with Gasteiger partial charge in [0.05, 0.1) is 0 Å². The summed E-state index contributed by atoms with van der Waals surface area (Å²) in [6.07, 6.45) is 4.13. The molecule has 0 bridgehead atoms. The number of nitrogens with zero attached hydrogens (tertiary/aromatic N) is 3. The zero-order chi connectivity index (χ0) is 16.4. The molecule has 0 fully saturated rings. The molecule has 0 saturated heterocycles. The first-order valence-corrected chi connectivity index (χ1v) is 8.30. The molecule has 1 heterocycles. The van der Waals surface area contributed by atoms with Crippen LogP contribution in [0, 0.1) is 5.92 Å². The van der Waals surface area contributed by atoms with Gasteiger partial charge < -0.3 is 15.2 Å². The minimum absolute atomic E-state index is 0.310. The molecule has 6 nitrogen and oxygen atoms in total. The van der Waals surface area contributed by atoms with Crippen molar-refractivity contribution >= 4 is 5.96 Å². The van der Waals surface area contributed by atoms with E-state index in [-0.39, 0.29) is 0 Å². The fraction of sp³-hybridized carbons (Fsp3) is 0.812. The minimum Gasteiger partial charge on any atom is -0.356 e. The van der Waals surface area contributed by atoms with Crippen LogP contribution < -0.4 is 10.6 Å². The van der Waals surface area contributed by atoms with Crippen LogP contribution in [0.15, 0.2) is 9.52 Å². The van der Waals surface area contributed by atoms with Crippen LogP contribution in [-0.2, 0) is 6.42 Å². The molecule has 0 saturated carbocycles. The summed E-state index contributed by atoms with van der Waals surface area (Å²) in [6, 6.07) is 0. The molecule has 126 valence electrons. The summed E-state index contributed by atoms with van der Waals surface area (Å²) in [5.41, 5.74) is 0. The average Bonchev–Trinajstić information content (AvgIpc) is 2.94. The molecule has 6 heteroatoms. The topological polar surface area (TPSA) is 75.3 Å². The molecule has 1 aromatic rings. The van der Waals surface area contributed by atoms with Crippen molar-refractivity contribution in [1.29, 1.82) is 0 Å². The first-order valence-electron chi connectivity index (χ1n) is 8.30. The van der Waals surface area contributed by atoms with E-state index >= 15 is 0 Å². The second-order valence-electron chi connectivity index (χ2n) is 6.27. The average molecular weight is 309 g/mol. The Labute approximate surface area is 134 Å². The van der Waals surface area contributed by atoms with Crippen molar-refractivity contribution in [3.8, 4) is 0 Å². The maximum atomic E-state index is 5.23. The van der Waals surface area contributed by atoms with Crippen LogP contribution in [0.25, 0.3) is 0 Å². The molecular weight excluding hydrogens is 278 g/mol. The van der Waals surface area contributed by atoms with E-state index in [9.17, 15) is 0 Å². The molecule has 0 aliphatic rings. The summed E-state index contributed by atoms with van der Waals surface area (Å²) in [7, 11) is 1.80.